The van der Waals surface area contributed by atoms with Gasteiger partial charge in [-0.2, -0.15) is 4.98 Å². The monoisotopic (exact) mass is 648 g/mol. The van der Waals surface area contributed by atoms with Gasteiger partial charge in [-0.15, -0.1) is 11.8 Å². The Bertz CT molecular complexity index is 1760. The number of hydrogen-bond acceptors (Lipinski definition) is 15. The van der Waals surface area contributed by atoms with E-state index in [-0.39, 0.29) is 34.1 Å². The van der Waals surface area contributed by atoms with Crippen LogP contribution in [0.4, 0.5) is 20.5 Å². The third-order valence-electron chi connectivity index (χ3n) is 6.89. The number of ether oxygens (including phenoxy) is 1. The first-order valence-corrected chi connectivity index (χ1v) is 15.8. The van der Waals surface area contributed by atoms with Crippen molar-refractivity contribution in [2.24, 2.45) is 0 Å². The molecule has 8 atom stereocenters. The zero-order valence-electron chi connectivity index (χ0n) is 21.1. The number of nitrogens with one attached hydrogen (secondary N) is 1. The van der Waals surface area contributed by atoms with Crippen LogP contribution in [0.2, 0.25) is 0 Å². The first-order chi connectivity index (χ1) is 19.9. The van der Waals surface area contributed by atoms with Gasteiger partial charge in [0.05, 0.1) is 31.1 Å². The summed E-state index contributed by atoms with van der Waals surface area (Å²) >= 11 is 4.87. The van der Waals surface area contributed by atoms with Crippen LogP contribution in [0.5, 0.6) is 0 Å². The van der Waals surface area contributed by atoms with E-state index in [9.17, 15) is 19.6 Å². The molecule has 2 aliphatic rings. The number of alkyl halides is 2. The number of aliphatic hydroxyl groups is 2. The van der Waals surface area contributed by atoms with E-state index < -0.39 is 73.1 Å². The molecule has 2 unspecified atom stereocenters. The highest BCUT2D eigenvalue weighted by Gasteiger charge is 2.54. The fourth-order valence-electron chi connectivity index (χ4n) is 4.82. The van der Waals surface area contributed by atoms with Gasteiger partial charge in [0, 0.05) is 0 Å². The Hall–Kier alpha value is -2.91. The minimum atomic E-state index is -4.42. The molecule has 0 radical (unpaired) electrons. The van der Waals surface area contributed by atoms with Crippen molar-refractivity contribution >= 4 is 64.9 Å². The van der Waals surface area contributed by atoms with Crippen LogP contribution in [0, 0.1) is 0 Å². The summed E-state index contributed by atoms with van der Waals surface area (Å²) in [4.78, 5) is 34.3. The topological polar surface area (TPSA) is 244 Å². The molecule has 2 saturated heterocycles. The summed E-state index contributed by atoms with van der Waals surface area (Å²) in [5, 5.41) is 18.5. The summed E-state index contributed by atoms with van der Waals surface area (Å²) < 4.78 is 63.1. The lowest BCUT2D eigenvalue weighted by atomic mass is 10.1. The molecule has 0 aromatic carbocycles. The number of nitrogen functional groups attached to an aromatic ring is 2. The molecule has 2 fully saturated rings. The predicted octanol–water partition coefficient (Wildman–Crippen LogP) is -0.110. The van der Waals surface area contributed by atoms with Gasteiger partial charge in [-0.05, 0) is 0 Å². The second-order valence-corrected chi connectivity index (χ2v) is 13.7. The van der Waals surface area contributed by atoms with E-state index in [1.807, 2.05) is 0 Å². The van der Waals surface area contributed by atoms with Crippen LogP contribution in [0.15, 0.2) is 23.8 Å². The van der Waals surface area contributed by atoms with E-state index in [1.54, 1.807) is 0 Å². The number of H-pyrrole nitrogens is 1. The largest absolute Gasteiger partial charge is 0.395 e. The molecule has 2 aliphatic heterocycles. The maximum absolute atomic E-state index is 16.0. The van der Waals surface area contributed by atoms with Gasteiger partial charge in [-0.25, -0.2) is 33.3 Å². The fraction of sp³-hybridized carbons (Fsp3) is 0.500. The summed E-state index contributed by atoms with van der Waals surface area (Å²) in [7, 11) is 0. The van der Waals surface area contributed by atoms with Gasteiger partial charge < -0.3 is 26.4 Å². The first kappa shape index (κ1) is 29.2. The van der Waals surface area contributed by atoms with Gasteiger partial charge in [-0.3, -0.25) is 28.0 Å². The minimum absolute atomic E-state index is 0.00358. The SMILES string of the molecule is Nc1nc2c(ncn2[C@@H]2S[C@H](CO)[C@H](F)[C@H]2OP(=O)(S)OC[C@H]2OCC(F)(n3cnc4c(N)ncnc43)[C@@H]2O)c(=O)[nH]1. The molecule has 7 N–H and O–H groups in total. The summed E-state index contributed by atoms with van der Waals surface area (Å²) in [6.07, 6.45) is -3.21. The van der Waals surface area contributed by atoms with E-state index in [4.69, 9.17) is 25.3 Å². The molecule has 0 aliphatic carbocycles. The molecule has 4 aromatic heterocycles. The number of nitrogens with zero attached hydrogens (tertiary/aromatic N) is 7. The van der Waals surface area contributed by atoms with Crippen LogP contribution in [0.3, 0.4) is 0 Å². The number of thiol groups is 1. The number of fused-ring (bicyclic) bond motifs is 2. The van der Waals surface area contributed by atoms with Crippen LogP contribution >= 0.6 is 30.8 Å². The Labute approximate surface area is 242 Å². The Morgan fingerprint density at radius 2 is 2.02 bits per heavy atom. The Morgan fingerprint density at radius 1 is 1.26 bits per heavy atom. The van der Waals surface area contributed by atoms with Gasteiger partial charge in [0.1, 0.15) is 48.3 Å². The molecule has 0 amide bonds. The van der Waals surface area contributed by atoms with Crippen molar-refractivity contribution in [1.82, 2.24) is 39.0 Å². The third kappa shape index (κ3) is 4.82. The average Bonchev–Trinajstić information content (AvgIpc) is 3.70. The highest BCUT2D eigenvalue weighted by molar-refractivity contribution is 8.44. The van der Waals surface area contributed by atoms with Crippen LogP contribution in [0.25, 0.3) is 22.3 Å². The van der Waals surface area contributed by atoms with Crippen molar-refractivity contribution in [2.45, 2.75) is 40.9 Å². The number of anilines is 2. The number of halogens is 2. The van der Waals surface area contributed by atoms with E-state index in [2.05, 4.69) is 42.2 Å². The van der Waals surface area contributed by atoms with E-state index in [0.717, 1.165) is 29.0 Å². The van der Waals surface area contributed by atoms with Gasteiger partial charge in [0.15, 0.2) is 22.6 Å². The predicted molar refractivity (Wildman–Crippen MR) is 147 cm³/mol. The maximum Gasteiger partial charge on any atom is 0.386 e. The Balaban J connectivity index is 1.19. The van der Waals surface area contributed by atoms with Crippen LogP contribution < -0.4 is 17.0 Å². The molecule has 6 heterocycles. The maximum atomic E-state index is 16.0. The third-order valence-corrected chi connectivity index (χ3v) is 10.0. The van der Waals surface area contributed by atoms with Crippen molar-refractivity contribution in [1.29, 1.82) is 0 Å². The zero-order chi connectivity index (χ0) is 30.0. The lowest BCUT2D eigenvalue weighted by Gasteiger charge is -2.27. The summed E-state index contributed by atoms with van der Waals surface area (Å²) in [5.41, 5.74) is 10.8. The van der Waals surface area contributed by atoms with Crippen molar-refractivity contribution in [3.8, 4) is 0 Å². The lowest BCUT2D eigenvalue weighted by Crippen LogP contribution is -2.43. The molecule has 0 bridgehead atoms. The van der Waals surface area contributed by atoms with Crippen molar-refractivity contribution < 1.29 is 37.3 Å². The quantitative estimate of drug-likeness (QED) is 0.108. The molecule has 0 spiro atoms. The van der Waals surface area contributed by atoms with Crippen LogP contribution in [-0.2, 0) is 24.1 Å². The fourth-order valence-corrected chi connectivity index (χ4v) is 7.76. The number of thioether (sulfide) groups is 1. The number of hydrogen-bond donors (Lipinski definition) is 6. The molecule has 22 heteroatoms. The average molecular weight is 649 g/mol. The Morgan fingerprint density at radius 3 is 2.79 bits per heavy atom. The minimum Gasteiger partial charge on any atom is -0.395 e. The zero-order valence-corrected chi connectivity index (χ0v) is 23.7. The molecule has 4 aromatic rings. The van der Waals surface area contributed by atoms with Crippen molar-refractivity contribution in [3.05, 3.63) is 29.3 Å². The van der Waals surface area contributed by atoms with E-state index in [1.165, 1.54) is 10.9 Å². The Kier molecular flexibility index (Phi) is 7.41. The standard InChI is InChI=1S/C20H23F2N10O7PS2/c21-9-8(1-33)42-18(31-5-27-11-16(31)29-19(24)30-17(11)35)12(9)39-40(36,41)38-2-7-13(34)20(22,3-37-7)32-6-28-10-14(23)25-4-26-15(10)32/h4-9,12-13,18,33-34H,1-3H2,(H,36,41)(H2,23,25,26)(H3,24,29,30,35)/t7-,8-,9+,12-,13-,18-,20?,40?/m1/s1. The summed E-state index contributed by atoms with van der Waals surface area (Å²) in [6.45, 7) is -6.32. The molecule has 42 heavy (non-hydrogen) atoms. The number of rotatable bonds is 8. The summed E-state index contributed by atoms with van der Waals surface area (Å²) in [6, 6.07) is 0. The molecule has 226 valence electrons. The lowest BCUT2D eigenvalue weighted by molar-refractivity contribution is -0.0455. The van der Waals surface area contributed by atoms with Crippen LogP contribution in [-0.4, -0.2) is 98.8 Å². The molecule has 0 saturated carbocycles. The van der Waals surface area contributed by atoms with Gasteiger partial charge in [-0.1, -0.05) is 12.2 Å². The van der Waals surface area contributed by atoms with Crippen molar-refractivity contribution in [2.75, 3.05) is 31.3 Å². The smallest absolute Gasteiger partial charge is 0.386 e. The highest BCUT2D eigenvalue weighted by atomic mass is 32.7. The molecule has 6 rings (SSSR count). The number of imidazole rings is 2. The first-order valence-electron chi connectivity index (χ1n) is 12.1. The van der Waals surface area contributed by atoms with Crippen LogP contribution in [0.1, 0.15) is 5.37 Å². The number of nitrogens with two attached hydrogens (primary N) is 2. The number of aliphatic hydroxyl groups excluding tert-OH is 2. The normalized spacial score (nSPS) is 31.3. The van der Waals surface area contributed by atoms with E-state index in [0.29, 0.717) is 0 Å². The molecular formula is C20H23F2N10O7PS2. The van der Waals surface area contributed by atoms with Crippen molar-refractivity contribution in [3.63, 3.8) is 0 Å². The second-order valence-electron chi connectivity index (χ2n) is 9.46. The molecular weight excluding hydrogens is 625 g/mol. The van der Waals surface area contributed by atoms with Gasteiger partial charge in [0.2, 0.25) is 11.7 Å². The van der Waals surface area contributed by atoms with E-state index >= 15 is 8.78 Å². The summed E-state index contributed by atoms with van der Waals surface area (Å²) in [5.74, 6) is -2.75. The molecule has 17 nitrogen and oxygen atoms in total. The number of aromatic amines is 1. The van der Waals surface area contributed by atoms with Gasteiger partial charge in [0.25, 0.3) is 5.56 Å². The van der Waals surface area contributed by atoms with Gasteiger partial charge >= 0.3 is 6.80 Å². The second kappa shape index (κ2) is 10.7. The number of aromatic nitrogens is 8. The highest BCUT2D eigenvalue weighted by Crippen LogP contribution is 2.59.